The van der Waals surface area contributed by atoms with Crippen LogP contribution in [-0.4, -0.2) is 5.91 Å². The van der Waals surface area contributed by atoms with Gasteiger partial charge in [-0.05, 0) is 30.3 Å². The van der Waals surface area contributed by atoms with Crippen molar-refractivity contribution in [2.75, 3.05) is 11.1 Å². The van der Waals surface area contributed by atoms with Crippen molar-refractivity contribution in [2.24, 2.45) is 0 Å². The molecule has 0 aliphatic heterocycles. The van der Waals surface area contributed by atoms with Gasteiger partial charge in [0.15, 0.2) is 0 Å². The van der Waals surface area contributed by atoms with Crippen molar-refractivity contribution >= 4 is 52.1 Å². The van der Waals surface area contributed by atoms with Gasteiger partial charge in [0.05, 0.1) is 27.0 Å². The van der Waals surface area contributed by atoms with E-state index in [1.807, 2.05) is 0 Å². The SMILES string of the molecule is Nc1c(Cl)cccc1C(=O)Nc1cc(Cl)ccc1Cl. The van der Waals surface area contributed by atoms with Crippen LogP contribution in [0.5, 0.6) is 0 Å². The summed E-state index contributed by atoms with van der Waals surface area (Å²) >= 11 is 17.7. The van der Waals surface area contributed by atoms with E-state index in [1.165, 1.54) is 0 Å². The lowest BCUT2D eigenvalue weighted by Gasteiger charge is -2.10. The fourth-order valence-electron chi connectivity index (χ4n) is 1.52. The lowest BCUT2D eigenvalue weighted by Crippen LogP contribution is -2.14. The Kier molecular flexibility index (Phi) is 4.20. The van der Waals surface area contributed by atoms with Gasteiger partial charge in [0.2, 0.25) is 0 Å². The number of hydrogen-bond acceptors (Lipinski definition) is 2. The Bertz CT molecular complexity index is 644. The molecule has 0 bridgehead atoms. The van der Waals surface area contributed by atoms with Gasteiger partial charge in [-0.15, -0.1) is 0 Å². The van der Waals surface area contributed by atoms with Crippen molar-refractivity contribution in [3.8, 4) is 0 Å². The minimum absolute atomic E-state index is 0.222. The summed E-state index contributed by atoms with van der Waals surface area (Å²) in [5.74, 6) is -0.399. The number of benzene rings is 2. The average molecular weight is 316 g/mol. The molecule has 2 aromatic rings. The fraction of sp³-hybridized carbons (Fsp3) is 0. The van der Waals surface area contributed by atoms with Gasteiger partial charge in [0.1, 0.15) is 0 Å². The molecule has 0 radical (unpaired) electrons. The predicted molar refractivity (Wildman–Crippen MR) is 80.3 cm³/mol. The van der Waals surface area contributed by atoms with E-state index in [9.17, 15) is 4.79 Å². The van der Waals surface area contributed by atoms with E-state index in [0.29, 0.717) is 20.8 Å². The Morgan fingerprint density at radius 2 is 1.79 bits per heavy atom. The van der Waals surface area contributed by atoms with Gasteiger partial charge in [-0.3, -0.25) is 4.79 Å². The number of hydrogen-bond donors (Lipinski definition) is 2. The van der Waals surface area contributed by atoms with Crippen LogP contribution in [0.4, 0.5) is 11.4 Å². The van der Waals surface area contributed by atoms with Crippen molar-refractivity contribution in [3.05, 3.63) is 57.0 Å². The van der Waals surface area contributed by atoms with E-state index in [1.54, 1.807) is 36.4 Å². The van der Waals surface area contributed by atoms with Crippen LogP contribution in [0.1, 0.15) is 10.4 Å². The molecular formula is C13H9Cl3N2O. The number of nitrogens with one attached hydrogen (secondary N) is 1. The lowest BCUT2D eigenvalue weighted by atomic mass is 10.1. The zero-order valence-corrected chi connectivity index (χ0v) is 11.9. The molecule has 1 amide bonds. The largest absolute Gasteiger partial charge is 0.397 e. The van der Waals surface area contributed by atoms with Crippen molar-refractivity contribution in [3.63, 3.8) is 0 Å². The van der Waals surface area contributed by atoms with Crippen molar-refractivity contribution < 1.29 is 4.79 Å². The van der Waals surface area contributed by atoms with Gasteiger partial charge in [0, 0.05) is 5.02 Å². The molecule has 0 spiro atoms. The third kappa shape index (κ3) is 3.13. The minimum Gasteiger partial charge on any atom is -0.397 e. The van der Waals surface area contributed by atoms with Gasteiger partial charge >= 0.3 is 0 Å². The monoisotopic (exact) mass is 314 g/mol. The molecule has 0 unspecified atom stereocenters. The first-order valence-corrected chi connectivity index (χ1v) is 6.43. The summed E-state index contributed by atoms with van der Waals surface area (Å²) in [6.07, 6.45) is 0. The van der Waals surface area contributed by atoms with Crippen LogP contribution in [0.3, 0.4) is 0 Å². The van der Waals surface area contributed by atoms with Crippen LogP contribution >= 0.6 is 34.8 Å². The van der Waals surface area contributed by atoms with Gasteiger partial charge < -0.3 is 11.1 Å². The summed E-state index contributed by atoms with van der Waals surface area (Å²) in [5, 5.41) is 3.82. The van der Waals surface area contributed by atoms with E-state index in [-0.39, 0.29) is 11.3 Å². The second-order valence-corrected chi connectivity index (χ2v) is 5.03. The zero-order valence-electron chi connectivity index (χ0n) is 9.58. The molecule has 3 N–H and O–H groups in total. The Morgan fingerprint density at radius 1 is 1.05 bits per heavy atom. The number of para-hydroxylation sites is 1. The van der Waals surface area contributed by atoms with Crippen molar-refractivity contribution in [2.45, 2.75) is 0 Å². The smallest absolute Gasteiger partial charge is 0.257 e. The lowest BCUT2D eigenvalue weighted by molar-refractivity contribution is 0.102. The highest BCUT2D eigenvalue weighted by molar-refractivity contribution is 6.36. The highest BCUT2D eigenvalue weighted by Crippen LogP contribution is 2.27. The third-order valence-electron chi connectivity index (χ3n) is 2.47. The van der Waals surface area contributed by atoms with Crippen LogP contribution in [0, 0.1) is 0 Å². The topological polar surface area (TPSA) is 55.1 Å². The summed E-state index contributed by atoms with van der Waals surface area (Å²) in [6, 6.07) is 9.62. The molecule has 0 atom stereocenters. The highest BCUT2D eigenvalue weighted by atomic mass is 35.5. The zero-order chi connectivity index (χ0) is 14.0. The first-order chi connectivity index (χ1) is 8.99. The summed E-state index contributed by atoms with van der Waals surface area (Å²) in [5.41, 5.74) is 6.67. The molecule has 0 aliphatic carbocycles. The summed E-state index contributed by atoms with van der Waals surface area (Å²) < 4.78 is 0. The number of nitrogens with two attached hydrogens (primary N) is 1. The average Bonchev–Trinajstić information content (AvgIpc) is 2.37. The van der Waals surface area contributed by atoms with Crippen molar-refractivity contribution in [1.82, 2.24) is 0 Å². The van der Waals surface area contributed by atoms with Crippen LogP contribution in [0.15, 0.2) is 36.4 Å². The quantitative estimate of drug-likeness (QED) is 0.803. The number of halogens is 3. The molecule has 0 aliphatic rings. The second-order valence-electron chi connectivity index (χ2n) is 3.78. The fourth-order valence-corrected chi connectivity index (χ4v) is 2.03. The maximum atomic E-state index is 12.1. The molecular weight excluding hydrogens is 307 g/mol. The van der Waals surface area contributed by atoms with E-state index in [2.05, 4.69) is 5.32 Å². The summed E-state index contributed by atoms with van der Waals surface area (Å²) in [6.45, 7) is 0. The normalized spacial score (nSPS) is 10.3. The molecule has 0 heterocycles. The standard InChI is InChI=1S/C13H9Cl3N2O/c14-7-4-5-9(15)11(6-7)18-13(19)8-2-1-3-10(16)12(8)17/h1-6H,17H2,(H,18,19). The Balaban J connectivity index is 2.31. The Labute approximate surface area is 125 Å². The number of carbonyl (C=O) groups excluding carboxylic acids is 1. The number of rotatable bonds is 2. The minimum atomic E-state index is -0.399. The van der Waals surface area contributed by atoms with Crippen molar-refractivity contribution in [1.29, 1.82) is 0 Å². The third-order valence-corrected chi connectivity index (χ3v) is 3.37. The maximum absolute atomic E-state index is 12.1. The number of amides is 1. The first-order valence-electron chi connectivity index (χ1n) is 5.29. The molecule has 19 heavy (non-hydrogen) atoms. The van der Waals surface area contributed by atoms with E-state index in [4.69, 9.17) is 40.5 Å². The van der Waals surface area contributed by atoms with Gasteiger partial charge in [0.25, 0.3) is 5.91 Å². The molecule has 0 fully saturated rings. The van der Waals surface area contributed by atoms with Gasteiger partial charge in [-0.1, -0.05) is 40.9 Å². The van der Waals surface area contributed by atoms with E-state index in [0.717, 1.165) is 0 Å². The molecule has 2 aromatic carbocycles. The Hall–Kier alpha value is -1.42. The predicted octanol–water partition coefficient (Wildman–Crippen LogP) is 4.48. The van der Waals surface area contributed by atoms with Crippen LogP contribution in [0.25, 0.3) is 0 Å². The molecule has 6 heteroatoms. The summed E-state index contributed by atoms with van der Waals surface area (Å²) in [7, 11) is 0. The molecule has 98 valence electrons. The molecule has 2 rings (SSSR count). The van der Waals surface area contributed by atoms with E-state index < -0.39 is 5.91 Å². The molecule has 0 aromatic heterocycles. The number of nitrogen functional groups attached to an aromatic ring is 1. The first kappa shape index (κ1) is 14.0. The molecule has 0 saturated carbocycles. The molecule has 3 nitrogen and oxygen atoms in total. The number of carbonyl (C=O) groups is 1. The second kappa shape index (κ2) is 5.70. The van der Waals surface area contributed by atoms with Crippen LogP contribution in [-0.2, 0) is 0 Å². The number of anilines is 2. The highest BCUT2D eigenvalue weighted by Gasteiger charge is 2.13. The van der Waals surface area contributed by atoms with Crippen LogP contribution in [0.2, 0.25) is 15.1 Å². The Morgan fingerprint density at radius 3 is 2.53 bits per heavy atom. The van der Waals surface area contributed by atoms with Crippen LogP contribution < -0.4 is 11.1 Å². The van der Waals surface area contributed by atoms with Gasteiger partial charge in [-0.25, -0.2) is 0 Å². The molecule has 0 saturated heterocycles. The maximum Gasteiger partial charge on any atom is 0.257 e. The van der Waals surface area contributed by atoms with E-state index >= 15 is 0 Å². The van der Waals surface area contributed by atoms with Gasteiger partial charge in [-0.2, -0.15) is 0 Å². The summed E-state index contributed by atoms with van der Waals surface area (Å²) in [4.78, 5) is 12.1.